The van der Waals surface area contributed by atoms with Crippen LogP contribution in [0.2, 0.25) is 0 Å². The summed E-state index contributed by atoms with van der Waals surface area (Å²) in [5, 5.41) is 0.922. The van der Waals surface area contributed by atoms with E-state index < -0.39 is 17.7 Å². The highest BCUT2D eigenvalue weighted by atomic mass is 19.2. The van der Waals surface area contributed by atoms with E-state index in [9.17, 15) is 8.78 Å². The molecule has 0 aliphatic heterocycles. The molecule has 3 aromatic rings. The van der Waals surface area contributed by atoms with Crippen molar-refractivity contribution < 1.29 is 13.2 Å². The normalized spacial score (nSPS) is 12.8. The Kier molecular flexibility index (Phi) is 3.22. The van der Waals surface area contributed by atoms with Gasteiger partial charge in [-0.25, -0.2) is 14.2 Å². The Balaban J connectivity index is 2.06. The van der Waals surface area contributed by atoms with E-state index in [2.05, 4.69) is 5.43 Å². The lowest BCUT2D eigenvalue weighted by Gasteiger charge is -2.13. The van der Waals surface area contributed by atoms with E-state index in [4.69, 9.17) is 10.3 Å². The van der Waals surface area contributed by atoms with E-state index in [0.717, 1.165) is 17.5 Å². The summed E-state index contributed by atoms with van der Waals surface area (Å²) in [4.78, 5) is 0. The number of halogens is 2. The molecule has 0 saturated carbocycles. The first-order valence-electron chi connectivity index (χ1n) is 6.08. The summed E-state index contributed by atoms with van der Waals surface area (Å²) in [6.45, 7) is 0. The van der Waals surface area contributed by atoms with E-state index in [0.29, 0.717) is 16.9 Å². The molecule has 20 heavy (non-hydrogen) atoms. The third-order valence-corrected chi connectivity index (χ3v) is 3.17. The minimum absolute atomic E-state index is 0.491. The van der Waals surface area contributed by atoms with Gasteiger partial charge >= 0.3 is 0 Å². The highest BCUT2D eigenvalue weighted by Gasteiger charge is 2.18. The van der Waals surface area contributed by atoms with Crippen LogP contribution in [0.25, 0.3) is 11.0 Å². The van der Waals surface area contributed by atoms with Crippen LogP contribution in [0.1, 0.15) is 17.4 Å². The van der Waals surface area contributed by atoms with Gasteiger partial charge in [0.2, 0.25) is 0 Å². The number of benzene rings is 2. The first kappa shape index (κ1) is 12.8. The van der Waals surface area contributed by atoms with Crippen LogP contribution in [0.5, 0.6) is 0 Å². The Bertz CT molecular complexity index is 721. The first-order chi connectivity index (χ1) is 9.69. The van der Waals surface area contributed by atoms with Crippen molar-refractivity contribution in [2.45, 2.75) is 6.04 Å². The molecule has 0 amide bonds. The van der Waals surface area contributed by atoms with Crippen LogP contribution in [0.4, 0.5) is 8.78 Å². The summed E-state index contributed by atoms with van der Waals surface area (Å²) in [7, 11) is 0. The number of nitrogens with one attached hydrogen (secondary N) is 1. The third kappa shape index (κ3) is 2.17. The second-order valence-corrected chi connectivity index (χ2v) is 4.46. The molecule has 1 heterocycles. The molecule has 0 fully saturated rings. The highest BCUT2D eigenvalue weighted by molar-refractivity contribution is 5.77. The average Bonchev–Trinajstić information content (AvgIpc) is 2.87. The molecule has 3 N–H and O–H groups in total. The molecule has 0 saturated heterocycles. The lowest BCUT2D eigenvalue weighted by molar-refractivity contribution is 0.469. The molecule has 5 heteroatoms. The maximum Gasteiger partial charge on any atom is 0.159 e. The van der Waals surface area contributed by atoms with Crippen LogP contribution >= 0.6 is 0 Å². The van der Waals surface area contributed by atoms with Gasteiger partial charge in [-0.3, -0.25) is 5.84 Å². The smallest absolute Gasteiger partial charge is 0.159 e. The highest BCUT2D eigenvalue weighted by Crippen LogP contribution is 2.28. The lowest BCUT2D eigenvalue weighted by Crippen LogP contribution is -2.28. The maximum absolute atomic E-state index is 13.3. The van der Waals surface area contributed by atoms with Crippen molar-refractivity contribution >= 4 is 11.0 Å². The summed E-state index contributed by atoms with van der Waals surface area (Å²) in [5.41, 5.74) is 3.76. The van der Waals surface area contributed by atoms with Gasteiger partial charge in [0.05, 0.1) is 0 Å². The van der Waals surface area contributed by atoms with Crippen molar-refractivity contribution in [3.63, 3.8) is 0 Å². The molecule has 1 aromatic heterocycles. The number of furan rings is 1. The Morgan fingerprint density at radius 1 is 1.00 bits per heavy atom. The topological polar surface area (TPSA) is 51.2 Å². The van der Waals surface area contributed by atoms with Gasteiger partial charge in [0.1, 0.15) is 17.4 Å². The number of hydrogen-bond donors (Lipinski definition) is 2. The number of para-hydroxylation sites is 1. The number of rotatable bonds is 3. The standard InChI is InChI=1S/C15H12F2N2O/c16-11-6-5-10(7-12(11)17)15(19-18)14-8-9-3-1-2-4-13(9)20-14/h1-8,15,19H,18H2. The minimum atomic E-state index is -0.918. The Morgan fingerprint density at radius 2 is 1.80 bits per heavy atom. The fourth-order valence-electron chi connectivity index (χ4n) is 2.18. The SMILES string of the molecule is NNC(c1ccc(F)c(F)c1)c1cc2ccccc2o1. The summed E-state index contributed by atoms with van der Waals surface area (Å²) in [6, 6.07) is 12.4. The number of fused-ring (bicyclic) bond motifs is 1. The summed E-state index contributed by atoms with van der Waals surface area (Å²) in [5.74, 6) is 4.25. The van der Waals surface area contributed by atoms with Crippen LogP contribution in [0.15, 0.2) is 52.9 Å². The molecule has 0 spiro atoms. The molecule has 3 nitrogen and oxygen atoms in total. The van der Waals surface area contributed by atoms with Crippen molar-refractivity contribution in [3.8, 4) is 0 Å². The van der Waals surface area contributed by atoms with E-state index in [1.165, 1.54) is 6.07 Å². The second-order valence-electron chi connectivity index (χ2n) is 4.46. The summed E-state index contributed by atoms with van der Waals surface area (Å²) in [6.07, 6.45) is 0. The van der Waals surface area contributed by atoms with Gasteiger partial charge in [0, 0.05) is 5.39 Å². The Hall–Kier alpha value is -2.24. The Morgan fingerprint density at radius 3 is 2.50 bits per heavy atom. The van der Waals surface area contributed by atoms with E-state index in [1.54, 1.807) is 0 Å². The van der Waals surface area contributed by atoms with Gasteiger partial charge in [-0.1, -0.05) is 24.3 Å². The van der Waals surface area contributed by atoms with Gasteiger partial charge in [-0.2, -0.15) is 0 Å². The van der Waals surface area contributed by atoms with Crippen LogP contribution in [0.3, 0.4) is 0 Å². The molecule has 3 rings (SSSR count). The van der Waals surface area contributed by atoms with Crippen molar-refractivity contribution in [3.05, 3.63) is 71.5 Å². The monoisotopic (exact) mass is 274 g/mol. The molecule has 1 unspecified atom stereocenters. The summed E-state index contributed by atoms with van der Waals surface area (Å²) >= 11 is 0. The van der Waals surface area contributed by atoms with Crippen molar-refractivity contribution in [1.29, 1.82) is 0 Å². The molecule has 0 radical (unpaired) electrons. The van der Waals surface area contributed by atoms with Crippen LogP contribution in [0, 0.1) is 11.6 Å². The molecular formula is C15H12F2N2O. The number of nitrogens with two attached hydrogens (primary N) is 1. The van der Waals surface area contributed by atoms with E-state index in [-0.39, 0.29) is 0 Å². The average molecular weight is 274 g/mol. The van der Waals surface area contributed by atoms with Crippen LogP contribution < -0.4 is 11.3 Å². The molecule has 0 aliphatic rings. The van der Waals surface area contributed by atoms with Gasteiger partial charge in [0.15, 0.2) is 11.6 Å². The third-order valence-electron chi connectivity index (χ3n) is 3.17. The lowest BCUT2D eigenvalue weighted by atomic mass is 10.0. The fraction of sp³-hybridized carbons (Fsp3) is 0.0667. The largest absolute Gasteiger partial charge is 0.459 e. The molecular weight excluding hydrogens is 262 g/mol. The molecule has 0 aliphatic carbocycles. The first-order valence-corrected chi connectivity index (χ1v) is 6.08. The predicted octanol–water partition coefficient (Wildman–Crippen LogP) is 3.26. The van der Waals surface area contributed by atoms with Gasteiger partial charge < -0.3 is 4.42 Å². The van der Waals surface area contributed by atoms with Gasteiger partial charge in [-0.05, 0) is 29.8 Å². The zero-order valence-electron chi connectivity index (χ0n) is 10.4. The number of hydrogen-bond acceptors (Lipinski definition) is 3. The van der Waals surface area contributed by atoms with Crippen molar-refractivity contribution in [2.24, 2.45) is 5.84 Å². The van der Waals surface area contributed by atoms with Crippen molar-refractivity contribution in [2.75, 3.05) is 0 Å². The maximum atomic E-state index is 13.3. The zero-order chi connectivity index (χ0) is 14.1. The number of hydrazine groups is 1. The second kappa shape index (κ2) is 5.03. The minimum Gasteiger partial charge on any atom is -0.459 e. The Labute approximate surface area is 114 Å². The molecule has 0 bridgehead atoms. The van der Waals surface area contributed by atoms with E-state index in [1.807, 2.05) is 30.3 Å². The zero-order valence-corrected chi connectivity index (χ0v) is 10.4. The van der Waals surface area contributed by atoms with E-state index >= 15 is 0 Å². The molecule has 1 atom stereocenters. The summed E-state index contributed by atoms with van der Waals surface area (Å²) < 4.78 is 32.0. The predicted molar refractivity (Wildman–Crippen MR) is 71.7 cm³/mol. The van der Waals surface area contributed by atoms with Gasteiger partial charge in [-0.15, -0.1) is 0 Å². The van der Waals surface area contributed by atoms with Crippen LogP contribution in [-0.4, -0.2) is 0 Å². The van der Waals surface area contributed by atoms with Gasteiger partial charge in [0.25, 0.3) is 0 Å². The molecule has 2 aromatic carbocycles. The van der Waals surface area contributed by atoms with Crippen LogP contribution in [-0.2, 0) is 0 Å². The van der Waals surface area contributed by atoms with Crippen molar-refractivity contribution in [1.82, 2.24) is 5.43 Å². The quantitative estimate of drug-likeness (QED) is 0.569. The fourth-order valence-corrected chi connectivity index (χ4v) is 2.18. The molecule has 102 valence electrons.